The second kappa shape index (κ2) is 10.1. The number of hydrogen-bond donors (Lipinski definition) is 2. The predicted molar refractivity (Wildman–Crippen MR) is 140 cm³/mol. The van der Waals surface area contributed by atoms with Crippen LogP contribution < -0.4 is 4.74 Å². The van der Waals surface area contributed by atoms with Crippen molar-refractivity contribution < 1.29 is 34.0 Å². The summed E-state index contributed by atoms with van der Waals surface area (Å²) in [6, 6.07) is 0. The summed E-state index contributed by atoms with van der Waals surface area (Å²) in [4.78, 5) is 27.3. The van der Waals surface area contributed by atoms with Crippen molar-refractivity contribution in [3.05, 3.63) is 23.5 Å². The molecule has 1 aromatic rings. The van der Waals surface area contributed by atoms with Crippen LogP contribution in [0.15, 0.2) is 12.4 Å². The van der Waals surface area contributed by atoms with Crippen LogP contribution in [0.2, 0.25) is 0 Å². The zero-order valence-corrected chi connectivity index (χ0v) is 23.2. The number of aromatic carboxylic acids is 2. The van der Waals surface area contributed by atoms with Crippen LogP contribution in [0.1, 0.15) is 106 Å². The molecule has 3 saturated carbocycles. The van der Waals surface area contributed by atoms with Gasteiger partial charge in [0.15, 0.2) is 12.0 Å². The van der Waals surface area contributed by atoms with E-state index in [1.165, 1.54) is 25.7 Å². The van der Waals surface area contributed by atoms with Gasteiger partial charge in [-0.1, -0.05) is 40.5 Å². The highest BCUT2D eigenvalue weighted by atomic mass is 16.7. The third-order valence-electron chi connectivity index (χ3n) is 10.7. The fourth-order valence-electron chi connectivity index (χ4n) is 8.85. The molecule has 1 aliphatic heterocycles. The molecule has 0 amide bonds. The Kier molecular flexibility index (Phi) is 7.27. The third-order valence-corrected chi connectivity index (χ3v) is 10.7. The van der Waals surface area contributed by atoms with Crippen molar-refractivity contribution in [2.45, 2.75) is 97.9 Å². The molecule has 1 unspecified atom stereocenters. The average Bonchev–Trinajstić information content (AvgIpc) is 3.39. The molecular formula is C30H43NO7. The number of aromatic nitrogens is 1. The second-order valence-corrected chi connectivity index (χ2v) is 13.3. The first kappa shape index (κ1) is 27.4. The monoisotopic (exact) mass is 529 g/mol. The van der Waals surface area contributed by atoms with Gasteiger partial charge in [-0.2, -0.15) is 0 Å². The van der Waals surface area contributed by atoms with Gasteiger partial charge in [0, 0.05) is 23.7 Å². The molecule has 2 heterocycles. The van der Waals surface area contributed by atoms with Crippen LogP contribution >= 0.6 is 0 Å². The van der Waals surface area contributed by atoms with Gasteiger partial charge in [-0.3, -0.25) is 4.98 Å². The summed E-state index contributed by atoms with van der Waals surface area (Å²) in [5.41, 5.74) is -0.372. The van der Waals surface area contributed by atoms with Crippen molar-refractivity contribution in [3.8, 4) is 5.75 Å². The molecular weight excluding hydrogens is 486 g/mol. The van der Waals surface area contributed by atoms with Gasteiger partial charge in [0.05, 0.1) is 19.3 Å². The number of rotatable bonds is 7. The Morgan fingerprint density at radius 3 is 2.26 bits per heavy atom. The Morgan fingerprint density at radius 2 is 1.63 bits per heavy atom. The Bertz CT molecular complexity index is 1030. The molecule has 3 aliphatic carbocycles. The van der Waals surface area contributed by atoms with E-state index in [0.717, 1.165) is 44.7 Å². The Hall–Kier alpha value is -2.19. The largest absolute Gasteiger partial charge is 0.492 e. The summed E-state index contributed by atoms with van der Waals surface area (Å²) >= 11 is 0. The van der Waals surface area contributed by atoms with Gasteiger partial charge in [0.2, 0.25) is 0 Å². The average molecular weight is 530 g/mol. The van der Waals surface area contributed by atoms with Crippen molar-refractivity contribution in [3.63, 3.8) is 0 Å². The highest BCUT2D eigenvalue weighted by Gasteiger charge is 2.62. The van der Waals surface area contributed by atoms with Crippen LogP contribution in [0.5, 0.6) is 5.75 Å². The molecule has 6 atom stereocenters. The minimum absolute atomic E-state index is 0.0459. The fourth-order valence-corrected chi connectivity index (χ4v) is 8.85. The first-order valence-corrected chi connectivity index (χ1v) is 14.3. The normalized spacial score (nSPS) is 36.7. The lowest BCUT2D eigenvalue weighted by molar-refractivity contribution is -0.322. The first-order chi connectivity index (χ1) is 18.0. The summed E-state index contributed by atoms with van der Waals surface area (Å²) in [5.74, 6) is -1.32. The van der Waals surface area contributed by atoms with Gasteiger partial charge >= 0.3 is 11.9 Å². The molecule has 0 radical (unpaired) electrons. The second-order valence-electron chi connectivity index (χ2n) is 13.3. The number of hydrogen-bond acceptors (Lipinski definition) is 6. The molecule has 8 heteroatoms. The lowest BCUT2D eigenvalue weighted by atomic mass is 9.42. The van der Waals surface area contributed by atoms with Crippen LogP contribution in [0.25, 0.3) is 0 Å². The molecule has 4 fully saturated rings. The molecule has 1 saturated heterocycles. The van der Waals surface area contributed by atoms with Crippen LogP contribution in [0, 0.1) is 34.0 Å². The lowest BCUT2D eigenvalue weighted by Crippen LogP contribution is -2.63. The fraction of sp³-hybridized carbons (Fsp3) is 0.767. The highest BCUT2D eigenvalue weighted by molar-refractivity contribution is 5.98. The van der Waals surface area contributed by atoms with Gasteiger partial charge < -0.3 is 24.4 Å². The topological polar surface area (TPSA) is 115 Å². The van der Waals surface area contributed by atoms with Gasteiger partial charge in [-0.25, -0.2) is 9.59 Å². The number of carboxylic acid groups (broad SMARTS) is 2. The Balaban J connectivity index is 1.34. The molecule has 0 aromatic carbocycles. The number of carboxylic acids is 2. The van der Waals surface area contributed by atoms with Crippen LogP contribution in [-0.2, 0) is 9.47 Å². The number of nitrogens with zero attached hydrogens (tertiary/aromatic N) is 1. The van der Waals surface area contributed by atoms with E-state index in [1.807, 2.05) is 0 Å². The van der Waals surface area contributed by atoms with E-state index < -0.39 is 11.9 Å². The molecule has 2 N–H and O–H groups in total. The quantitative estimate of drug-likeness (QED) is 0.439. The van der Waals surface area contributed by atoms with Gasteiger partial charge in [0.1, 0.15) is 11.1 Å². The molecule has 1 aromatic heterocycles. The lowest BCUT2D eigenvalue weighted by Gasteiger charge is -2.65. The van der Waals surface area contributed by atoms with Crippen molar-refractivity contribution in [1.29, 1.82) is 0 Å². The van der Waals surface area contributed by atoms with Gasteiger partial charge in [-0.15, -0.1) is 0 Å². The van der Waals surface area contributed by atoms with E-state index in [9.17, 15) is 19.8 Å². The van der Waals surface area contributed by atoms with E-state index in [4.69, 9.17) is 14.2 Å². The minimum Gasteiger partial charge on any atom is -0.492 e. The van der Waals surface area contributed by atoms with E-state index in [1.54, 1.807) is 0 Å². The highest BCUT2D eigenvalue weighted by Crippen LogP contribution is 2.66. The van der Waals surface area contributed by atoms with Crippen LogP contribution in [0.3, 0.4) is 0 Å². The van der Waals surface area contributed by atoms with Crippen molar-refractivity contribution in [1.82, 2.24) is 4.98 Å². The molecule has 8 nitrogen and oxygen atoms in total. The Morgan fingerprint density at radius 1 is 0.974 bits per heavy atom. The maximum atomic E-state index is 11.7. The van der Waals surface area contributed by atoms with E-state index in [2.05, 4.69) is 32.7 Å². The predicted octanol–water partition coefficient (Wildman–Crippen LogP) is 6.04. The number of ether oxygens (including phenoxy) is 3. The number of pyridine rings is 1. The summed E-state index contributed by atoms with van der Waals surface area (Å²) in [6.07, 6.45) is 12.4. The molecule has 38 heavy (non-hydrogen) atoms. The van der Waals surface area contributed by atoms with E-state index in [-0.39, 0.29) is 52.1 Å². The smallest absolute Gasteiger partial charge is 0.341 e. The van der Waals surface area contributed by atoms with E-state index >= 15 is 0 Å². The standard InChI is InChI=1S/C30H43NO7/c1-28(2)12-9-22-29(3,13-10-23-30(22,4)17-37-27(38-23)18-7-5-6-8-18)21(28)11-14-36-24-19(25(32)33)15-31-16-20(24)26(34)35/h15-16,18,21-23,27H,5-14,17H2,1-4H3,(H,32,33)(H,34,35)/t21-,22?,23-,27-,29+,30+/m1/s1. The molecule has 5 rings (SSSR count). The number of fused-ring (bicyclic) bond motifs is 3. The maximum absolute atomic E-state index is 11.7. The van der Waals surface area contributed by atoms with Gasteiger partial charge in [0.25, 0.3) is 0 Å². The van der Waals surface area contributed by atoms with Crippen LogP contribution in [0.4, 0.5) is 0 Å². The molecule has 0 spiro atoms. The summed E-state index contributed by atoms with van der Waals surface area (Å²) < 4.78 is 19.1. The molecule has 0 bridgehead atoms. The Labute approximate surface area is 225 Å². The van der Waals surface area contributed by atoms with Crippen LogP contribution in [-0.4, -0.2) is 52.7 Å². The van der Waals surface area contributed by atoms with Gasteiger partial charge in [-0.05, 0) is 67.6 Å². The number of carbonyl (C=O) groups is 2. The third kappa shape index (κ3) is 4.61. The molecule has 210 valence electrons. The first-order valence-electron chi connectivity index (χ1n) is 14.3. The van der Waals surface area contributed by atoms with Crippen molar-refractivity contribution >= 4 is 11.9 Å². The summed E-state index contributed by atoms with van der Waals surface area (Å²) in [5, 5.41) is 19.2. The van der Waals surface area contributed by atoms with Crippen molar-refractivity contribution in [2.24, 2.45) is 34.0 Å². The summed E-state index contributed by atoms with van der Waals surface area (Å²) in [6.45, 7) is 10.4. The zero-order chi connectivity index (χ0) is 27.3. The zero-order valence-electron chi connectivity index (χ0n) is 23.2. The molecule has 4 aliphatic rings. The van der Waals surface area contributed by atoms with E-state index in [0.29, 0.717) is 24.2 Å². The maximum Gasteiger partial charge on any atom is 0.341 e. The summed E-state index contributed by atoms with van der Waals surface area (Å²) in [7, 11) is 0. The van der Waals surface area contributed by atoms with Crippen molar-refractivity contribution in [2.75, 3.05) is 13.2 Å². The minimum atomic E-state index is -1.25. The SMILES string of the molecule is CC1(C)CCC2[C@]3(C)CO[C@@H](C4CCCC4)O[C@@H]3CC[C@@]2(C)[C@@H]1CCOc1c(C(=O)O)cncc1C(=O)O.